The molecule has 0 aliphatic carbocycles. The van der Waals surface area contributed by atoms with Gasteiger partial charge in [-0.2, -0.15) is 0 Å². The second-order valence-electron chi connectivity index (χ2n) is 7.89. The van der Waals surface area contributed by atoms with Gasteiger partial charge in [0.15, 0.2) is 0 Å². The number of hydrogen-bond donors (Lipinski definition) is 1. The minimum absolute atomic E-state index is 0.143. The molecule has 26 heavy (non-hydrogen) atoms. The Balaban J connectivity index is 1.77. The fourth-order valence-corrected chi connectivity index (χ4v) is 3.65. The van der Waals surface area contributed by atoms with Crippen molar-refractivity contribution in [2.45, 2.75) is 52.2 Å². The molecule has 5 nitrogen and oxygen atoms in total. The van der Waals surface area contributed by atoms with Crippen LogP contribution in [-0.2, 0) is 4.74 Å². The second-order valence-corrected chi connectivity index (χ2v) is 8.33. The summed E-state index contributed by atoms with van der Waals surface area (Å²) in [5.74, 6) is 0.840. The number of carbonyl (C=O) groups is 1. The van der Waals surface area contributed by atoms with Gasteiger partial charge >= 0.3 is 6.09 Å². The Morgan fingerprint density at radius 3 is 2.88 bits per heavy atom. The molecule has 1 aliphatic heterocycles. The van der Waals surface area contributed by atoms with Crippen molar-refractivity contribution in [3.63, 3.8) is 0 Å². The molecule has 1 fully saturated rings. The number of carbonyl (C=O) groups excluding carboxylic acids is 1. The topological polar surface area (TPSA) is 54.5 Å². The highest BCUT2D eigenvalue weighted by Gasteiger charge is 2.28. The quantitative estimate of drug-likeness (QED) is 0.801. The van der Waals surface area contributed by atoms with Crippen molar-refractivity contribution in [1.29, 1.82) is 0 Å². The summed E-state index contributed by atoms with van der Waals surface area (Å²) in [4.78, 5) is 18.7. The predicted molar refractivity (Wildman–Crippen MR) is 106 cm³/mol. The van der Waals surface area contributed by atoms with Crippen LogP contribution in [0.3, 0.4) is 0 Å². The largest absolute Gasteiger partial charge is 0.444 e. The first kappa shape index (κ1) is 18.8. The molecule has 1 atom stereocenters. The maximum atomic E-state index is 12.4. The number of likely N-dealkylation sites (tertiary alicyclic amines) is 1. The van der Waals surface area contributed by atoms with Crippen molar-refractivity contribution >= 4 is 34.3 Å². The summed E-state index contributed by atoms with van der Waals surface area (Å²) >= 11 is 6.18. The number of amides is 1. The summed E-state index contributed by atoms with van der Waals surface area (Å²) in [6, 6.07) is 6.01. The van der Waals surface area contributed by atoms with Crippen LogP contribution < -0.4 is 5.32 Å². The van der Waals surface area contributed by atoms with Gasteiger partial charge in [-0.3, -0.25) is 0 Å². The van der Waals surface area contributed by atoms with E-state index in [1.165, 1.54) is 0 Å². The first-order chi connectivity index (χ1) is 12.2. The summed E-state index contributed by atoms with van der Waals surface area (Å²) in [6.45, 7) is 9.04. The molecule has 140 valence electrons. The maximum Gasteiger partial charge on any atom is 0.410 e. The number of nitrogens with zero attached hydrogens (tertiary/aromatic N) is 2. The zero-order chi connectivity index (χ0) is 18.9. The number of rotatable bonds is 2. The lowest BCUT2D eigenvalue weighted by atomic mass is 10.0. The average molecular weight is 376 g/mol. The highest BCUT2D eigenvalue weighted by atomic mass is 35.5. The molecule has 1 saturated heterocycles. The van der Waals surface area contributed by atoms with E-state index in [1.54, 1.807) is 11.1 Å². The van der Waals surface area contributed by atoms with E-state index in [2.05, 4.69) is 10.3 Å². The Bertz CT molecular complexity index is 817. The van der Waals surface area contributed by atoms with Crippen LogP contribution in [0.1, 0.15) is 39.2 Å². The van der Waals surface area contributed by atoms with Crippen molar-refractivity contribution in [2.75, 3.05) is 18.4 Å². The fourth-order valence-electron chi connectivity index (χ4n) is 3.37. The SMILES string of the molecule is Cc1cc(Cl)cc2ccnc(N[C@H]3CCCN(C(=O)OC(C)(C)C)C3)c12. The van der Waals surface area contributed by atoms with Crippen molar-refractivity contribution in [3.8, 4) is 0 Å². The Kier molecular flexibility index (Phi) is 5.28. The van der Waals surface area contributed by atoms with E-state index in [9.17, 15) is 4.79 Å². The van der Waals surface area contributed by atoms with Gasteiger partial charge in [0.1, 0.15) is 11.4 Å². The Morgan fingerprint density at radius 1 is 1.38 bits per heavy atom. The van der Waals surface area contributed by atoms with E-state index in [0.717, 1.165) is 46.6 Å². The minimum Gasteiger partial charge on any atom is -0.444 e. The zero-order valence-corrected chi connectivity index (χ0v) is 16.6. The number of piperidine rings is 1. The van der Waals surface area contributed by atoms with Gasteiger partial charge < -0.3 is 15.0 Å². The van der Waals surface area contributed by atoms with Gasteiger partial charge in [-0.1, -0.05) is 11.6 Å². The third kappa shape index (κ3) is 4.39. The molecule has 1 aromatic carbocycles. The molecule has 0 saturated carbocycles. The van der Waals surface area contributed by atoms with Crippen LogP contribution in [0, 0.1) is 6.92 Å². The van der Waals surface area contributed by atoms with Gasteiger partial charge in [0.2, 0.25) is 0 Å². The molecule has 1 amide bonds. The molecule has 2 heterocycles. The number of fused-ring (bicyclic) bond motifs is 1. The van der Waals surface area contributed by atoms with Crippen LogP contribution >= 0.6 is 11.6 Å². The summed E-state index contributed by atoms with van der Waals surface area (Å²) in [5, 5.41) is 6.39. The van der Waals surface area contributed by atoms with Crippen LogP contribution in [-0.4, -0.2) is 40.7 Å². The van der Waals surface area contributed by atoms with Crippen molar-refractivity contribution in [1.82, 2.24) is 9.88 Å². The second kappa shape index (κ2) is 7.31. The van der Waals surface area contributed by atoms with Crippen LogP contribution in [0.15, 0.2) is 24.4 Å². The number of anilines is 1. The predicted octanol–water partition coefficient (Wildman–Crippen LogP) is 5.01. The summed E-state index contributed by atoms with van der Waals surface area (Å²) in [6.07, 6.45) is 3.46. The summed E-state index contributed by atoms with van der Waals surface area (Å²) < 4.78 is 5.51. The number of aromatic nitrogens is 1. The molecule has 0 radical (unpaired) electrons. The molecular formula is C20H26ClN3O2. The number of hydrogen-bond acceptors (Lipinski definition) is 4. The lowest BCUT2D eigenvalue weighted by molar-refractivity contribution is 0.0206. The zero-order valence-electron chi connectivity index (χ0n) is 15.8. The van der Waals surface area contributed by atoms with Crippen molar-refractivity contribution < 1.29 is 9.53 Å². The van der Waals surface area contributed by atoms with Gasteiger partial charge in [0.05, 0.1) is 0 Å². The van der Waals surface area contributed by atoms with Crippen LogP contribution in [0.2, 0.25) is 5.02 Å². The Hall–Kier alpha value is -2.01. The van der Waals surface area contributed by atoms with Crippen molar-refractivity contribution in [2.24, 2.45) is 0 Å². The van der Waals surface area contributed by atoms with Crippen molar-refractivity contribution in [3.05, 3.63) is 35.0 Å². The molecule has 1 N–H and O–H groups in total. The first-order valence-corrected chi connectivity index (χ1v) is 9.40. The number of benzene rings is 1. The maximum absolute atomic E-state index is 12.4. The number of ether oxygens (including phenoxy) is 1. The number of pyridine rings is 1. The molecular weight excluding hydrogens is 350 g/mol. The molecule has 1 aromatic heterocycles. The molecule has 2 aromatic rings. The third-order valence-electron chi connectivity index (χ3n) is 4.44. The standard InChI is InChI=1S/C20H26ClN3O2/c1-13-10-15(21)11-14-7-8-22-18(17(13)14)23-16-6-5-9-24(12-16)19(25)26-20(2,3)4/h7-8,10-11,16H,5-6,9,12H2,1-4H3,(H,22,23)/t16-/m0/s1. The van der Waals surface area contributed by atoms with Gasteiger partial charge in [0.25, 0.3) is 0 Å². The monoisotopic (exact) mass is 375 g/mol. The van der Waals surface area contributed by atoms with Gasteiger partial charge in [-0.15, -0.1) is 0 Å². The Labute approximate surface area is 159 Å². The van der Waals surface area contributed by atoms with Crippen LogP contribution in [0.4, 0.5) is 10.6 Å². The normalized spacial score (nSPS) is 18.0. The summed E-state index contributed by atoms with van der Waals surface area (Å²) in [7, 11) is 0. The van der Waals surface area contributed by atoms with Gasteiger partial charge in [0, 0.05) is 35.7 Å². The molecule has 3 rings (SSSR count). The summed E-state index contributed by atoms with van der Waals surface area (Å²) in [5.41, 5.74) is 0.605. The third-order valence-corrected chi connectivity index (χ3v) is 4.66. The van der Waals surface area contributed by atoms with E-state index >= 15 is 0 Å². The Morgan fingerprint density at radius 2 is 2.15 bits per heavy atom. The van der Waals surface area contributed by atoms with Crippen LogP contribution in [0.5, 0.6) is 0 Å². The van der Waals surface area contributed by atoms with E-state index in [0.29, 0.717) is 6.54 Å². The fraction of sp³-hybridized carbons (Fsp3) is 0.500. The number of nitrogens with one attached hydrogen (secondary N) is 1. The van der Waals surface area contributed by atoms with E-state index < -0.39 is 5.60 Å². The first-order valence-electron chi connectivity index (χ1n) is 9.02. The lowest BCUT2D eigenvalue weighted by Gasteiger charge is -2.34. The molecule has 6 heteroatoms. The van der Waals surface area contributed by atoms with Gasteiger partial charge in [-0.25, -0.2) is 9.78 Å². The highest BCUT2D eigenvalue weighted by molar-refractivity contribution is 6.31. The molecule has 1 aliphatic rings. The smallest absolute Gasteiger partial charge is 0.410 e. The minimum atomic E-state index is -0.481. The van der Waals surface area contributed by atoms with E-state index in [4.69, 9.17) is 16.3 Å². The molecule has 0 unspecified atom stereocenters. The molecule has 0 spiro atoms. The van der Waals surface area contributed by atoms with E-state index in [1.807, 2.05) is 45.9 Å². The van der Waals surface area contributed by atoms with Crippen LogP contribution in [0.25, 0.3) is 10.8 Å². The lowest BCUT2D eigenvalue weighted by Crippen LogP contribution is -2.47. The molecule has 0 bridgehead atoms. The number of halogens is 1. The van der Waals surface area contributed by atoms with E-state index in [-0.39, 0.29) is 12.1 Å². The number of aryl methyl sites for hydroxylation is 1. The highest BCUT2D eigenvalue weighted by Crippen LogP contribution is 2.29. The van der Waals surface area contributed by atoms with Gasteiger partial charge in [-0.05, 0) is 69.7 Å². The average Bonchev–Trinajstić information content (AvgIpc) is 2.53.